The number of nitrogens with one attached hydrogen (secondary N) is 2. The molecule has 0 bridgehead atoms. The van der Waals surface area contributed by atoms with Crippen molar-refractivity contribution in [1.82, 2.24) is 10.6 Å². The van der Waals surface area contributed by atoms with Crippen LogP contribution in [0.1, 0.15) is 24.7 Å². The van der Waals surface area contributed by atoms with Gasteiger partial charge in [-0.15, -0.1) is 0 Å². The van der Waals surface area contributed by atoms with E-state index in [0.717, 1.165) is 40.7 Å². The first-order chi connectivity index (χ1) is 12.6. The Hall–Kier alpha value is -2.95. The highest BCUT2D eigenvalue weighted by molar-refractivity contribution is 5.84. The number of rotatable bonds is 7. The van der Waals surface area contributed by atoms with Gasteiger partial charge in [-0.25, -0.2) is 4.79 Å². The lowest BCUT2D eigenvalue weighted by Crippen LogP contribution is -2.40. The van der Waals surface area contributed by atoms with E-state index in [-0.39, 0.29) is 12.1 Å². The molecular weight excluding hydrogens is 328 g/mol. The summed E-state index contributed by atoms with van der Waals surface area (Å²) in [5.41, 5.74) is 1.06. The van der Waals surface area contributed by atoms with Gasteiger partial charge >= 0.3 is 6.03 Å². The second-order valence-corrected chi connectivity index (χ2v) is 6.39. The molecule has 0 radical (unpaired) electrons. The first kappa shape index (κ1) is 17.9. The highest BCUT2D eigenvalue weighted by Crippen LogP contribution is 2.21. The number of methoxy groups -OCH3 is 1. The minimum absolute atomic E-state index is 0.0733. The Kier molecular flexibility index (Phi) is 5.79. The van der Waals surface area contributed by atoms with Crippen molar-refractivity contribution in [1.29, 1.82) is 0 Å². The molecule has 26 heavy (non-hydrogen) atoms. The number of aryl methyl sites for hydroxylation is 1. The van der Waals surface area contributed by atoms with Gasteiger partial charge in [-0.1, -0.05) is 18.2 Å². The van der Waals surface area contributed by atoms with Crippen LogP contribution < -0.4 is 15.4 Å². The average Bonchev–Trinajstić information content (AvgIpc) is 3.17. The number of hydrogen-bond donors (Lipinski definition) is 2. The van der Waals surface area contributed by atoms with E-state index in [1.54, 1.807) is 13.4 Å². The first-order valence-electron chi connectivity index (χ1n) is 8.77. The molecule has 0 saturated carbocycles. The van der Waals surface area contributed by atoms with Crippen molar-refractivity contribution in [3.8, 4) is 5.75 Å². The fourth-order valence-corrected chi connectivity index (χ4v) is 2.85. The summed E-state index contributed by atoms with van der Waals surface area (Å²) < 4.78 is 10.5. The molecule has 1 atom stereocenters. The van der Waals surface area contributed by atoms with Crippen molar-refractivity contribution < 1.29 is 13.9 Å². The summed E-state index contributed by atoms with van der Waals surface area (Å²) in [5.74, 6) is 1.78. The Balaban J connectivity index is 1.48. The molecule has 2 amide bonds. The van der Waals surface area contributed by atoms with Crippen LogP contribution in [-0.4, -0.2) is 19.2 Å². The molecule has 2 N–H and O–H groups in total. The predicted molar refractivity (Wildman–Crippen MR) is 102 cm³/mol. The standard InChI is InChI=1S/C21H24N2O3/c1-15(5-9-19-4-3-11-26-19)23-21(24)22-14-16-6-7-18-13-20(25-2)10-8-17(18)12-16/h3-4,6-8,10-13,15H,5,9,14H2,1-2H3,(H2,22,23,24). The summed E-state index contributed by atoms with van der Waals surface area (Å²) in [6, 6.07) is 15.8. The molecule has 0 aliphatic rings. The van der Waals surface area contributed by atoms with Crippen molar-refractivity contribution in [2.24, 2.45) is 0 Å². The number of benzene rings is 2. The summed E-state index contributed by atoms with van der Waals surface area (Å²) in [6.45, 7) is 2.48. The molecule has 3 aromatic rings. The van der Waals surface area contributed by atoms with Crippen LogP contribution in [0.15, 0.2) is 59.2 Å². The molecule has 5 heteroatoms. The van der Waals surface area contributed by atoms with E-state index >= 15 is 0 Å². The van der Waals surface area contributed by atoms with E-state index in [0.29, 0.717) is 6.54 Å². The van der Waals surface area contributed by atoms with Crippen LogP contribution in [0.3, 0.4) is 0 Å². The van der Waals surface area contributed by atoms with E-state index in [9.17, 15) is 4.79 Å². The maximum Gasteiger partial charge on any atom is 0.315 e. The average molecular weight is 352 g/mol. The van der Waals surface area contributed by atoms with E-state index in [1.807, 2.05) is 49.4 Å². The predicted octanol–water partition coefficient (Wildman–Crippen LogP) is 4.26. The van der Waals surface area contributed by atoms with Crippen LogP contribution in [-0.2, 0) is 13.0 Å². The van der Waals surface area contributed by atoms with Crippen molar-refractivity contribution in [3.63, 3.8) is 0 Å². The number of carbonyl (C=O) groups is 1. The second kappa shape index (κ2) is 8.43. The van der Waals surface area contributed by atoms with Crippen LogP contribution in [0.5, 0.6) is 5.75 Å². The molecule has 2 aromatic carbocycles. The highest BCUT2D eigenvalue weighted by atomic mass is 16.5. The van der Waals surface area contributed by atoms with E-state index in [2.05, 4.69) is 16.7 Å². The van der Waals surface area contributed by atoms with Crippen molar-refractivity contribution in [3.05, 3.63) is 66.1 Å². The summed E-state index contributed by atoms with van der Waals surface area (Å²) in [7, 11) is 1.66. The zero-order chi connectivity index (χ0) is 18.4. The van der Waals surface area contributed by atoms with Gasteiger partial charge in [-0.3, -0.25) is 0 Å². The minimum atomic E-state index is -0.160. The summed E-state index contributed by atoms with van der Waals surface area (Å²) in [5, 5.41) is 8.11. The van der Waals surface area contributed by atoms with Crippen LogP contribution in [0.2, 0.25) is 0 Å². The normalized spacial score (nSPS) is 11.9. The molecule has 0 spiro atoms. The largest absolute Gasteiger partial charge is 0.497 e. The van der Waals surface area contributed by atoms with E-state index < -0.39 is 0 Å². The molecule has 1 aromatic heterocycles. The van der Waals surface area contributed by atoms with Crippen molar-refractivity contribution in [2.75, 3.05) is 7.11 Å². The van der Waals surface area contributed by atoms with Crippen LogP contribution in [0, 0.1) is 0 Å². The van der Waals surface area contributed by atoms with Crippen molar-refractivity contribution >= 4 is 16.8 Å². The molecule has 5 nitrogen and oxygen atoms in total. The second-order valence-electron chi connectivity index (χ2n) is 6.39. The Morgan fingerprint density at radius 3 is 2.73 bits per heavy atom. The molecule has 0 saturated heterocycles. The fourth-order valence-electron chi connectivity index (χ4n) is 2.85. The van der Waals surface area contributed by atoms with Gasteiger partial charge in [0.25, 0.3) is 0 Å². The SMILES string of the molecule is COc1ccc2cc(CNC(=O)NC(C)CCc3ccco3)ccc2c1. The van der Waals surface area contributed by atoms with Gasteiger partial charge < -0.3 is 19.8 Å². The van der Waals surface area contributed by atoms with E-state index in [1.165, 1.54) is 0 Å². The Morgan fingerprint density at radius 2 is 1.96 bits per heavy atom. The third kappa shape index (κ3) is 4.79. The molecule has 3 rings (SSSR count). The maximum atomic E-state index is 12.1. The Bertz CT molecular complexity index is 859. The smallest absolute Gasteiger partial charge is 0.315 e. The monoisotopic (exact) mass is 352 g/mol. The van der Waals surface area contributed by atoms with Crippen LogP contribution in [0.4, 0.5) is 4.79 Å². The van der Waals surface area contributed by atoms with Gasteiger partial charge in [0, 0.05) is 19.0 Å². The lowest BCUT2D eigenvalue weighted by molar-refractivity contribution is 0.236. The van der Waals surface area contributed by atoms with Gasteiger partial charge in [0.2, 0.25) is 0 Å². The van der Waals surface area contributed by atoms with Gasteiger partial charge in [-0.2, -0.15) is 0 Å². The van der Waals surface area contributed by atoms with E-state index in [4.69, 9.17) is 9.15 Å². The third-order valence-corrected chi connectivity index (χ3v) is 4.35. The van der Waals surface area contributed by atoms with Gasteiger partial charge in [-0.05, 0) is 60.0 Å². The summed E-state index contributed by atoms with van der Waals surface area (Å²) >= 11 is 0. The molecule has 0 aliphatic carbocycles. The molecule has 1 heterocycles. The number of ether oxygens (including phenoxy) is 1. The van der Waals surface area contributed by atoms with Crippen molar-refractivity contribution in [2.45, 2.75) is 32.4 Å². The van der Waals surface area contributed by atoms with Crippen LogP contribution >= 0.6 is 0 Å². The van der Waals surface area contributed by atoms with Gasteiger partial charge in [0.05, 0.1) is 13.4 Å². The first-order valence-corrected chi connectivity index (χ1v) is 8.77. The summed E-state index contributed by atoms with van der Waals surface area (Å²) in [6.07, 6.45) is 3.31. The zero-order valence-electron chi connectivity index (χ0n) is 15.1. The topological polar surface area (TPSA) is 63.5 Å². The number of furan rings is 1. The Labute approximate surface area is 153 Å². The molecule has 1 unspecified atom stereocenters. The van der Waals surface area contributed by atoms with Gasteiger partial charge in [0.15, 0.2) is 0 Å². The number of hydrogen-bond acceptors (Lipinski definition) is 3. The molecular formula is C21H24N2O3. The quantitative estimate of drug-likeness (QED) is 0.668. The summed E-state index contributed by atoms with van der Waals surface area (Å²) in [4.78, 5) is 12.1. The molecule has 0 aliphatic heterocycles. The van der Waals surface area contributed by atoms with Gasteiger partial charge in [0.1, 0.15) is 11.5 Å². The Morgan fingerprint density at radius 1 is 1.15 bits per heavy atom. The maximum absolute atomic E-state index is 12.1. The van der Waals surface area contributed by atoms with Crippen LogP contribution in [0.25, 0.3) is 10.8 Å². The number of fused-ring (bicyclic) bond motifs is 1. The minimum Gasteiger partial charge on any atom is -0.497 e. The fraction of sp³-hybridized carbons (Fsp3) is 0.286. The highest BCUT2D eigenvalue weighted by Gasteiger charge is 2.08. The molecule has 136 valence electrons. The lowest BCUT2D eigenvalue weighted by atomic mass is 10.1. The number of carbonyl (C=O) groups excluding carboxylic acids is 1. The lowest BCUT2D eigenvalue weighted by Gasteiger charge is -2.14. The zero-order valence-corrected chi connectivity index (χ0v) is 15.1. The third-order valence-electron chi connectivity index (χ3n) is 4.35. The molecule has 0 fully saturated rings. The number of amides is 2. The number of urea groups is 1.